The SMILES string of the molecule is O=C(CC1CCCO1)N1CC(Nc2cc(-n3c(C(F)F)nc4ccccc43)nc(N3CCOCC3)n2)C1. The second-order valence-electron chi connectivity index (χ2n) is 9.58. The Bertz CT molecular complexity index is 1270. The number of hydrogen-bond donors (Lipinski definition) is 1. The van der Waals surface area contributed by atoms with Crippen molar-refractivity contribution in [3.63, 3.8) is 0 Å². The van der Waals surface area contributed by atoms with Crippen molar-refractivity contribution in [3.8, 4) is 5.82 Å². The summed E-state index contributed by atoms with van der Waals surface area (Å²) in [6.07, 6.45) is -0.410. The Labute approximate surface area is 212 Å². The molecule has 3 aliphatic rings. The Morgan fingerprint density at radius 3 is 2.68 bits per heavy atom. The number of ether oxygens (including phenoxy) is 2. The molecule has 3 fully saturated rings. The van der Waals surface area contributed by atoms with Crippen molar-refractivity contribution in [2.45, 2.75) is 37.8 Å². The Hall–Kier alpha value is -3.38. The topological polar surface area (TPSA) is 97.6 Å². The third-order valence-electron chi connectivity index (χ3n) is 7.02. The molecule has 12 heteroatoms. The van der Waals surface area contributed by atoms with Crippen LogP contribution < -0.4 is 10.2 Å². The number of halogens is 2. The Morgan fingerprint density at radius 1 is 1.11 bits per heavy atom. The Balaban J connectivity index is 1.27. The molecule has 10 nitrogen and oxygen atoms in total. The number of anilines is 2. The van der Waals surface area contributed by atoms with Crippen LogP contribution in [0.3, 0.4) is 0 Å². The second kappa shape index (κ2) is 10.2. The van der Waals surface area contributed by atoms with Gasteiger partial charge < -0.3 is 24.6 Å². The molecular formula is C25H29F2N7O3. The maximum absolute atomic E-state index is 14.0. The van der Waals surface area contributed by atoms with E-state index in [9.17, 15) is 13.6 Å². The van der Waals surface area contributed by atoms with E-state index in [4.69, 9.17) is 14.5 Å². The maximum atomic E-state index is 14.0. The first-order valence-corrected chi connectivity index (χ1v) is 12.7. The molecule has 3 saturated heterocycles. The highest BCUT2D eigenvalue weighted by Gasteiger charge is 2.33. The predicted octanol–water partition coefficient (Wildman–Crippen LogP) is 2.78. The summed E-state index contributed by atoms with van der Waals surface area (Å²) in [5.74, 6) is 0.989. The zero-order valence-corrected chi connectivity index (χ0v) is 20.4. The number of carbonyl (C=O) groups excluding carboxylic acids is 1. The molecule has 1 N–H and O–H groups in total. The van der Waals surface area contributed by atoms with Crippen molar-refractivity contribution in [1.29, 1.82) is 0 Å². The molecule has 1 aromatic carbocycles. The molecule has 0 bridgehead atoms. The van der Waals surface area contributed by atoms with Crippen LogP contribution in [0.2, 0.25) is 0 Å². The fourth-order valence-corrected chi connectivity index (χ4v) is 5.06. The number of nitrogens with one attached hydrogen (secondary N) is 1. The number of rotatable bonds is 7. The van der Waals surface area contributed by atoms with Crippen LogP contribution in [-0.4, -0.2) is 88.5 Å². The number of fused-ring (bicyclic) bond motifs is 1. The third kappa shape index (κ3) is 4.95. The molecule has 196 valence electrons. The van der Waals surface area contributed by atoms with Crippen LogP contribution in [0.4, 0.5) is 20.5 Å². The first-order chi connectivity index (χ1) is 18.0. The molecule has 0 saturated carbocycles. The molecule has 6 rings (SSSR count). The molecule has 1 amide bonds. The molecule has 0 radical (unpaired) electrons. The van der Waals surface area contributed by atoms with E-state index in [1.165, 1.54) is 4.57 Å². The number of hydrogen-bond acceptors (Lipinski definition) is 8. The largest absolute Gasteiger partial charge is 0.378 e. The van der Waals surface area contributed by atoms with Crippen molar-refractivity contribution in [2.24, 2.45) is 0 Å². The number of morpholine rings is 1. The van der Waals surface area contributed by atoms with Crippen LogP contribution in [0.1, 0.15) is 31.5 Å². The minimum absolute atomic E-state index is 0.00263. The first-order valence-electron chi connectivity index (χ1n) is 12.7. The molecule has 1 atom stereocenters. The van der Waals surface area contributed by atoms with Gasteiger partial charge in [-0.25, -0.2) is 13.8 Å². The standard InChI is InChI=1S/C25H29F2N7O3/c26-23(27)24-29-18-5-1-2-6-19(18)34(24)21-13-20(30-25(31-21)32-7-10-36-11-8-32)28-16-14-33(15-16)22(35)12-17-4-3-9-37-17/h1-2,5-6,13,16-17,23H,3-4,7-12,14-15H2,(H,28,30,31). The lowest BCUT2D eigenvalue weighted by Crippen LogP contribution is -2.57. The average molecular weight is 514 g/mol. The smallest absolute Gasteiger partial charge is 0.296 e. The first kappa shape index (κ1) is 24.0. The van der Waals surface area contributed by atoms with Gasteiger partial charge in [0.2, 0.25) is 11.9 Å². The monoisotopic (exact) mass is 513 g/mol. The van der Waals surface area contributed by atoms with Crippen molar-refractivity contribution in [2.75, 3.05) is 56.2 Å². The molecule has 3 aliphatic heterocycles. The summed E-state index contributed by atoms with van der Waals surface area (Å²) >= 11 is 0. The fourth-order valence-electron chi connectivity index (χ4n) is 5.06. The van der Waals surface area contributed by atoms with Gasteiger partial charge in [0.1, 0.15) is 11.6 Å². The van der Waals surface area contributed by atoms with Gasteiger partial charge in [0, 0.05) is 38.9 Å². The molecule has 5 heterocycles. The number of likely N-dealkylation sites (tertiary alicyclic amines) is 1. The maximum Gasteiger partial charge on any atom is 0.296 e. The molecule has 37 heavy (non-hydrogen) atoms. The van der Waals surface area contributed by atoms with Crippen molar-refractivity contribution in [1.82, 2.24) is 24.4 Å². The zero-order valence-electron chi connectivity index (χ0n) is 20.4. The number of para-hydroxylation sites is 2. The minimum atomic E-state index is -2.78. The van der Waals surface area contributed by atoms with Gasteiger partial charge in [-0.1, -0.05) is 12.1 Å². The quantitative estimate of drug-likeness (QED) is 0.515. The fraction of sp³-hybridized carbons (Fsp3) is 0.520. The van der Waals surface area contributed by atoms with Crippen LogP contribution >= 0.6 is 0 Å². The number of imidazole rings is 1. The van der Waals surface area contributed by atoms with Gasteiger partial charge >= 0.3 is 0 Å². The lowest BCUT2D eigenvalue weighted by molar-refractivity contribution is -0.137. The molecule has 1 unspecified atom stereocenters. The Kier molecular flexibility index (Phi) is 6.59. The van der Waals surface area contributed by atoms with Crippen LogP contribution in [0, 0.1) is 0 Å². The lowest BCUT2D eigenvalue weighted by atomic mass is 10.1. The zero-order chi connectivity index (χ0) is 25.4. The number of aromatic nitrogens is 4. The van der Waals surface area contributed by atoms with E-state index >= 15 is 0 Å². The number of alkyl halides is 2. The molecule has 3 aromatic rings. The summed E-state index contributed by atoms with van der Waals surface area (Å²) in [6.45, 7) is 4.10. The summed E-state index contributed by atoms with van der Waals surface area (Å²) in [5, 5.41) is 3.38. The highest BCUT2D eigenvalue weighted by molar-refractivity contribution is 5.79. The molecule has 0 spiro atoms. The summed E-state index contributed by atoms with van der Waals surface area (Å²) in [5.41, 5.74) is 1.02. The van der Waals surface area contributed by atoms with Crippen LogP contribution in [0.15, 0.2) is 30.3 Å². The number of nitrogens with zero attached hydrogens (tertiary/aromatic N) is 6. The summed E-state index contributed by atoms with van der Waals surface area (Å²) in [6, 6.07) is 8.68. The van der Waals surface area contributed by atoms with E-state index in [1.807, 2.05) is 9.80 Å². The van der Waals surface area contributed by atoms with Crippen LogP contribution in [0.25, 0.3) is 16.9 Å². The number of benzene rings is 1. The van der Waals surface area contributed by atoms with Crippen molar-refractivity contribution >= 4 is 28.7 Å². The highest BCUT2D eigenvalue weighted by atomic mass is 19.3. The van der Waals surface area contributed by atoms with Crippen LogP contribution in [0.5, 0.6) is 0 Å². The van der Waals surface area contributed by atoms with Crippen molar-refractivity contribution < 1.29 is 23.0 Å². The normalized spacial score (nSPS) is 20.6. The molecule has 2 aromatic heterocycles. The van der Waals surface area contributed by atoms with Crippen molar-refractivity contribution in [3.05, 3.63) is 36.2 Å². The predicted molar refractivity (Wildman–Crippen MR) is 132 cm³/mol. The van der Waals surface area contributed by atoms with E-state index in [0.717, 1.165) is 19.4 Å². The van der Waals surface area contributed by atoms with E-state index in [1.54, 1.807) is 30.3 Å². The highest BCUT2D eigenvalue weighted by Crippen LogP contribution is 2.29. The summed E-state index contributed by atoms with van der Waals surface area (Å²) in [7, 11) is 0. The summed E-state index contributed by atoms with van der Waals surface area (Å²) < 4.78 is 40.5. The summed E-state index contributed by atoms with van der Waals surface area (Å²) in [4.78, 5) is 29.9. The van der Waals surface area contributed by atoms with Gasteiger partial charge in [-0.15, -0.1) is 0 Å². The Morgan fingerprint density at radius 2 is 1.92 bits per heavy atom. The van der Waals surface area contributed by atoms with Gasteiger partial charge in [0.25, 0.3) is 6.43 Å². The van der Waals surface area contributed by atoms with E-state index in [2.05, 4.69) is 15.3 Å². The van der Waals surface area contributed by atoms with Gasteiger partial charge in [-0.3, -0.25) is 9.36 Å². The number of carbonyl (C=O) groups is 1. The minimum Gasteiger partial charge on any atom is -0.378 e. The van der Waals surface area contributed by atoms with E-state index in [-0.39, 0.29) is 23.9 Å². The molecular weight excluding hydrogens is 484 g/mol. The number of amides is 1. The second-order valence-corrected chi connectivity index (χ2v) is 9.58. The third-order valence-corrected chi connectivity index (χ3v) is 7.02. The van der Waals surface area contributed by atoms with Gasteiger partial charge in [-0.2, -0.15) is 9.97 Å². The van der Waals surface area contributed by atoms with Gasteiger partial charge in [0.15, 0.2) is 5.82 Å². The van der Waals surface area contributed by atoms with Gasteiger partial charge in [-0.05, 0) is 25.0 Å². The van der Waals surface area contributed by atoms with E-state index < -0.39 is 6.43 Å². The lowest BCUT2D eigenvalue weighted by Gasteiger charge is -2.40. The van der Waals surface area contributed by atoms with Gasteiger partial charge in [0.05, 0.1) is 42.8 Å². The van der Waals surface area contributed by atoms with Crippen LogP contribution in [-0.2, 0) is 14.3 Å². The average Bonchev–Trinajstić information content (AvgIpc) is 3.54. The molecule has 0 aliphatic carbocycles. The van der Waals surface area contributed by atoms with E-state index in [0.29, 0.717) is 74.4 Å².